The molecule has 4 atom stereocenters. The van der Waals surface area contributed by atoms with Crippen LogP contribution < -0.4 is 0 Å². The Labute approximate surface area is 184 Å². The first-order valence-electron chi connectivity index (χ1n) is 12.9. The second-order valence-electron chi connectivity index (χ2n) is 11.9. The Morgan fingerprint density at radius 1 is 0.867 bits per heavy atom. The molecule has 5 rings (SSSR count). The SMILES string of the molecule is CC1(C)[C@@H]2CC[C@@]1(C)[C@@H](c1ccccn1)[C@H]2P(=O)(C1CCCCC1)C1CCCCC1. The van der Waals surface area contributed by atoms with Gasteiger partial charge >= 0.3 is 0 Å². The molecule has 0 saturated heterocycles. The van der Waals surface area contributed by atoms with Gasteiger partial charge in [0, 0.05) is 34.8 Å². The Morgan fingerprint density at radius 2 is 1.47 bits per heavy atom. The van der Waals surface area contributed by atoms with Crippen LogP contribution in [0.1, 0.15) is 109 Å². The average molecular weight is 428 g/mol. The van der Waals surface area contributed by atoms with E-state index in [1.54, 1.807) is 0 Å². The predicted molar refractivity (Wildman–Crippen MR) is 127 cm³/mol. The summed E-state index contributed by atoms with van der Waals surface area (Å²) in [5.74, 6) is 0.978. The summed E-state index contributed by atoms with van der Waals surface area (Å²) in [5.41, 5.74) is 3.06. The van der Waals surface area contributed by atoms with Gasteiger partial charge in [-0.3, -0.25) is 4.98 Å². The molecule has 4 aliphatic carbocycles. The summed E-state index contributed by atoms with van der Waals surface area (Å²) in [4.78, 5) is 4.92. The van der Waals surface area contributed by atoms with Crippen molar-refractivity contribution < 1.29 is 4.57 Å². The maximum absolute atomic E-state index is 15.7. The smallest absolute Gasteiger partial charge is 0.0974 e. The minimum Gasteiger partial charge on any atom is -0.323 e. The standard InChI is InChI=1S/C27H42NOP/c1-26(2)22-17-18-27(26,3)24(23-16-10-11-19-28-23)25(22)30(29,20-12-6-4-7-13-20)21-14-8-5-9-15-21/h10-11,16,19-22,24-25H,4-9,12-15,17-18H2,1-3H3/t22-,24+,25+,27+/m1/s1. The van der Waals surface area contributed by atoms with E-state index in [1.165, 1.54) is 82.7 Å². The van der Waals surface area contributed by atoms with Crippen LogP contribution in [-0.2, 0) is 4.57 Å². The van der Waals surface area contributed by atoms with E-state index in [9.17, 15) is 0 Å². The van der Waals surface area contributed by atoms with Crippen LogP contribution >= 0.6 is 7.14 Å². The van der Waals surface area contributed by atoms with Gasteiger partial charge in [0.15, 0.2) is 0 Å². The Hall–Kier alpha value is -0.620. The third kappa shape index (κ3) is 2.95. The lowest BCUT2D eigenvalue weighted by molar-refractivity contribution is 0.133. The van der Waals surface area contributed by atoms with Crippen molar-refractivity contribution in [2.45, 2.75) is 121 Å². The highest BCUT2D eigenvalue weighted by molar-refractivity contribution is 7.66. The van der Waals surface area contributed by atoms with E-state index < -0.39 is 7.14 Å². The molecule has 1 aromatic rings. The highest BCUT2D eigenvalue weighted by atomic mass is 31.2. The summed E-state index contributed by atoms with van der Waals surface area (Å²) in [7, 11) is -2.34. The van der Waals surface area contributed by atoms with Gasteiger partial charge in [-0.2, -0.15) is 0 Å². The summed E-state index contributed by atoms with van der Waals surface area (Å²) in [5, 5.41) is 0. The van der Waals surface area contributed by atoms with Crippen molar-refractivity contribution in [3.63, 3.8) is 0 Å². The molecule has 166 valence electrons. The van der Waals surface area contributed by atoms with E-state index in [0.717, 1.165) is 0 Å². The lowest BCUT2D eigenvalue weighted by Crippen LogP contribution is -2.38. The van der Waals surface area contributed by atoms with Crippen molar-refractivity contribution >= 4 is 7.14 Å². The van der Waals surface area contributed by atoms with Gasteiger partial charge < -0.3 is 4.57 Å². The molecule has 4 aliphatic rings. The van der Waals surface area contributed by atoms with Crippen LogP contribution in [0.5, 0.6) is 0 Å². The number of aromatic nitrogens is 1. The molecule has 3 heteroatoms. The fraction of sp³-hybridized carbons (Fsp3) is 0.815. The average Bonchev–Trinajstić information content (AvgIpc) is 3.12. The van der Waals surface area contributed by atoms with Crippen molar-refractivity contribution in [1.29, 1.82) is 0 Å². The van der Waals surface area contributed by atoms with Crippen molar-refractivity contribution in [3.8, 4) is 0 Å². The first-order valence-corrected chi connectivity index (χ1v) is 14.8. The zero-order valence-corrected chi connectivity index (χ0v) is 20.4. The number of rotatable bonds is 4. The zero-order chi connectivity index (χ0) is 21.0. The second-order valence-corrected chi connectivity index (χ2v) is 15.4. The number of hydrogen-bond donors (Lipinski definition) is 0. The zero-order valence-electron chi connectivity index (χ0n) is 19.5. The van der Waals surface area contributed by atoms with Crippen LogP contribution in [-0.4, -0.2) is 22.0 Å². The maximum atomic E-state index is 15.7. The van der Waals surface area contributed by atoms with Crippen molar-refractivity contribution in [1.82, 2.24) is 4.98 Å². The van der Waals surface area contributed by atoms with Crippen LogP contribution in [0.2, 0.25) is 0 Å². The van der Waals surface area contributed by atoms with Gasteiger partial charge in [-0.15, -0.1) is 0 Å². The summed E-state index contributed by atoms with van der Waals surface area (Å²) in [6.45, 7) is 7.54. The summed E-state index contributed by atoms with van der Waals surface area (Å²) < 4.78 is 15.7. The molecular weight excluding hydrogens is 385 g/mol. The van der Waals surface area contributed by atoms with Crippen molar-refractivity contribution in [2.24, 2.45) is 16.7 Å². The minimum atomic E-state index is -2.34. The molecule has 30 heavy (non-hydrogen) atoms. The van der Waals surface area contributed by atoms with Crippen molar-refractivity contribution in [3.05, 3.63) is 30.1 Å². The second kappa shape index (κ2) is 7.75. The summed E-state index contributed by atoms with van der Waals surface area (Å²) >= 11 is 0. The lowest BCUT2D eigenvalue weighted by atomic mass is 9.66. The van der Waals surface area contributed by atoms with Gasteiger partial charge in [0.1, 0.15) is 0 Å². The molecule has 0 spiro atoms. The van der Waals surface area contributed by atoms with E-state index in [4.69, 9.17) is 4.98 Å². The Morgan fingerprint density at radius 3 is 2.00 bits per heavy atom. The molecule has 4 fully saturated rings. The first kappa shape index (κ1) is 21.2. The molecule has 0 amide bonds. The van der Waals surface area contributed by atoms with Crippen LogP contribution in [0.15, 0.2) is 24.4 Å². The van der Waals surface area contributed by atoms with Gasteiger partial charge in [0.05, 0.1) is 7.14 Å². The summed E-state index contributed by atoms with van der Waals surface area (Å²) in [6.07, 6.45) is 17.3. The van der Waals surface area contributed by atoms with E-state index in [1.807, 2.05) is 12.3 Å². The fourth-order valence-electron chi connectivity index (χ4n) is 8.65. The lowest BCUT2D eigenvalue weighted by Gasteiger charge is -2.48. The van der Waals surface area contributed by atoms with E-state index in [0.29, 0.717) is 28.8 Å². The van der Waals surface area contributed by atoms with Crippen LogP contribution in [0.4, 0.5) is 0 Å². The largest absolute Gasteiger partial charge is 0.323 e. The molecule has 1 aromatic heterocycles. The predicted octanol–water partition coefficient (Wildman–Crippen LogP) is 8.02. The molecule has 2 nitrogen and oxygen atoms in total. The maximum Gasteiger partial charge on any atom is 0.0974 e. The molecule has 0 aromatic carbocycles. The molecular formula is C27H42NOP. The van der Waals surface area contributed by atoms with Crippen LogP contribution in [0.25, 0.3) is 0 Å². The first-order chi connectivity index (χ1) is 14.4. The number of fused-ring (bicyclic) bond motifs is 2. The number of hydrogen-bond acceptors (Lipinski definition) is 2. The van der Waals surface area contributed by atoms with E-state index in [-0.39, 0.29) is 10.8 Å². The normalized spacial score (nSPS) is 37.5. The van der Waals surface area contributed by atoms with E-state index in [2.05, 4.69) is 32.9 Å². The van der Waals surface area contributed by atoms with Gasteiger partial charge in [0.25, 0.3) is 0 Å². The minimum absolute atomic E-state index is 0.218. The Balaban J connectivity index is 1.65. The summed E-state index contributed by atoms with van der Waals surface area (Å²) in [6, 6.07) is 6.46. The third-order valence-electron chi connectivity index (χ3n) is 10.6. The van der Waals surface area contributed by atoms with Gasteiger partial charge in [-0.1, -0.05) is 65.4 Å². The Bertz CT molecular complexity index is 770. The Kier molecular flexibility index (Phi) is 5.49. The van der Waals surface area contributed by atoms with Crippen molar-refractivity contribution in [2.75, 3.05) is 0 Å². The number of nitrogens with zero attached hydrogens (tertiary/aromatic N) is 1. The molecule has 0 unspecified atom stereocenters. The van der Waals surface area contributed by atoms with Crippen LogP contribution in [0, 0.1) is 16.7 Å². The fourth-order valence-corrected chi connectivity index (χ4v) is 14.6. The highest BCUT2D eigenvalue weighted by Crippen LogP contribution is 2.82. The van der Waals surface area contributed by atoms with Gasteiger partial charge in [-0.25, -0.2) is 0 Å². The molecule has 4 saturated carbocycles. The molecule has 0 N–H and O–H groups in total. The molecule has 2 bridgehead atoms. The third-order valence-corrected chi connectivity index (χ3v) is 15.5. The monoisotopic (exact) mass is 427 g/mol. The van der Waals surface area contributed by atoms with Gasteiger partial charge in [-0.05, 0) is 67.4 Å². The van der Waals surface area contributed by atoms with E-state index >= 15 is 4.57 Å². The van der Waals surface area contributed by atoms with Gasteiger partial charge in [0.2, 0.25) is 0 Å². The molecule has 1 heterocycles. The number of pyridine rings is 1. The quantitative estimate of drug-likeness (QED) is 0.455. The molecule has 0 aliphatic heterocycles. The topological polar surface area (TPSA) is 30.0 Å². The molecule has 0 radical (unpaired) electrons. The highest BCUT2D eigenvalue weighted by Gasteiger charge is 2.71. The van der Waals surface area contributed by atoms with Crippen LogP contribution in [0.3, 0.4) is 0 Å².